The van der Waals surface area contributed by atoms with Crippen molar-refractivity contribution >= 4 is 17.5 Å². The Morgan fingerprint density at radius 1 is 1.53 bits per heavy atom. The smallest absolute Gasteiger partial charge is 0.224 e. The van der Waals surface area contributed by atoms with Gasteiger partial charge in [0.2, 0.25) is 5.91 Å². The molecular weight excluding hydrogens is 243 g/mol. The summed E-state index contributed by atoms with van der Waals surface area (Å²) in [7, 11) is 1.80. The summed E-state index contributed by atoms with van der Waals surface area (Å²) in [6.07, 6.45) is 0. The molecule has 5 heteroatoms. The Morgan fingerprint density at radius 3 is 2.82 bits per heavy atom. The van der Waals surface area contributed by atoms with Gasteiger partial charge in [-0.3, -0.25) is 4.79 Å². The summed E-state index contributed by atoms with van der Waals surface area (Å²) >= 11 is 5.64. The highest BCUT2D eigenvalue weighted by Gasteiger charge is 2.11. The van der Waals surface area contributed by atoms with Gasteiger partial charge in [-0.15, -0.1) is 0 Å². The van der Waals surface area contributed by atoms with E-state index in [9.17, 15) is 9.18 Å². The van der Waals surface area contributed by atoms with E-state index in [1.807, 2.05) is 6.92 Å². The molecule has 1 rings (SSSR count). The Hall–Kier alpha value is -1.13. The second-order valence-corrected chi connectivity index (χ2v) is 4.33. The highest BCUT2D eigenvalue weighted by Crippen LogP contribution is 2.15. The largest absolute Gasteiger partial charge is 0.352 e. The van der Waals surface area contributed by atoms with Crippen LogP contribution in [0.4, 0.5) is 4.39 Å². The standard InChI is InChI=1S/C12H16ClFN2O/c1-8(6-15-2)12(17)16-7-9-3-4-11(14)10(13)5-9/h3-5,8,15H,6-7H2,1-2H3,(H,16,17). The van der Waals surface area contributed by atoms with E-state index in [1.54, 1.807) is 13.1 Å². The van der Waals surface area contributed by atoms with E-state index in [0.29, 0.717) is 13.1 Å². The van der Waals surface area contributed by atoms with Crippen LogP contribution in [0.1, 0.15) is 12.5 Å². The molecule has 0 saturated carbocycles. The maximum atomic E-state index is 12.9. The summed E-state index contributed by atoms with van der Waals surface area (Å²) in [5, 5.41) is 5.77. The molecule has 1 aromatic rings. The van der Waals surface area contributed by atoms with Crippen LogP contribution >= 0.6 is 11.6 Å². The molecule has 1 aromatic carbocycles. The van der Waals surface area contributed by atoms with Crippen molar-refractivity contribution in [3.8, 4) is 0 Å². The summed E-state index contributed by atoms with van der Waals surface area (Å²) in [5.41, 5.74) is 0.779. The van der Waals surface area contributed by atoms with Gasteiger partial charge < -0.3 is 10.6 Å². The average molecular weight is 259 g/mol. The van der Waals surface area contributed by atoms with Crippen LogP contribution in [0.5, 0.6) is 0 Å². The number of hydrogen-bond acceptors (Lipinski definition) is 2. The molecule has 17 heavy (non-hydrogen) atoms. The second kappa shape index (κ2) is 6.57. The van der Waals surface area contributed by atoms with Gasteiger partial charge in [0.15, 0.2) is 0 Å². The maximum absolute atomic E-state index is 12.9. The van der Waals surface area contributed by atoms with E-state index in [-0.39, 0.29) is 16.8 Å². The number of rotatable bonds is 5. The first-order valence-electron chi connectivity index (χ1n) is 5.41. The summed E-state index contributed by atoms with van der Waals surface area (Å²) in [6, 6.07) is 4.41. The molecule has 0 aliphatic carbocycles. The van der Waals surface area contributed by atoms with Crippen LogP contribution in [-0.2, 0) is 11.3 Å². The highest BCUT2D eigenvalue weighted by atomic mass is 35.5. The Balaban J connectivity index is 2.50. The molecule has 1 amide bonds. The predicted molar refractivity (Wildman–Crippen MR) is 66.3 cm³/mol. The monoisotopic (exact) mass is 258 g/mol. The van der Waals surface area contributed by atoms with E-state index < -0.39 is 5.82 Å². The summed E-state index contributed by atoms with van der Waals surface area (Å²) in [4.78, 5) is 11.6. The molecule has 0 aliphatic rings. The molecule has 3 nitrogen and oxygen atoms in total. The number of hydrogen-bond donors (Lipinski definition) is 2. The molecule has 0 saturated heterocycles. The first-order chi connectivity index (χ1) is 8.04. The molecule has 0 aliphatic heterocycles. The van der Waals surface area contributed by atoms with Crippen LogP contribution in [0.2, 0.25) is 5.02 Å². The first kappa shape index (κ1) is 13.9. The zero-order chi connectivity index (χ0) is 12.8. The number of benzene rings is 1. The minimum Gasteiger partial charge on any atom is -0.352 e. The lowest BCUT2D eigenvalue weighted by atomic mass is 10.1. The van der Waals surface area contributed by atoms with E-state index >= 15 is 0 Å². The fourth-order valence-electron chi connectivity index (χ4n) is 1.41. The third-order valence-corrected chi connectivity index (χ3v) is 2.70. The number of nitrogens with one attached hydrogen (secondary N) is 2. The minimum absolute atomic E-state index is 0.0419. The van der Waals surface area contributed by atoms with Gasteiger partial charge in [-0.25, -0.2) is 4.39 Å². The SMILES string of the molecule is CNCC(C)C(=O)NCc1ccc(F)c(Cl)c1. The highest BCUT2D eigenvalue weighted by molar-refractivity contribution is 6.30. The summed E-state index contributed by atoms with van der Waals surface area (Å²) < 4.78 is 12.9. The normalized spacial score (nSPS) is 12.2. The van der Waals surface area contributed by atoms with Gasteiger partial charge >= 0.3 is 0 Å². The van der Waals surface area contributed by atoms with Gasteiger partial charge in [0.25, 0.3) is 0 Å². The van der Waals surface area contributed by atoms with Crippen molar-refractivity contribution in [2.75, 3.05) is 13.6 Å². The van der Waals surface area contributed by atoms with Crippen molar-refractivity contribution in [1.29, 1.82) is 0 Å². The van der Waals surface area contributed by atoms with Gasteiger partial charge in [0.05, 0.1) is 5.02 Å². The first-order valence-corrected chi connectivity index (χ1v) is 5.78. The Morgan fingerprint density at radius 2 is 2.24 bits per heavy atom. The predicted octanol–water partition coefficient (Wildman–Crippen LogP) is 1.95. The third-order valence-electron chi connectivity index (χ3n) is 2.41. The molecule has 0 aromatic heterocycles. The molecule has 0 fully saturated rings. The molecule has 0 bridgehead atoms. The Kier molecular flexibility index (Phi) is 5.38. The molecule has 0 spiro atoms. The van der Waals surface area contributed by atoms with E-state index in [0.717, 1.165) is 5.56 Å². The van der Waals surface area contributed by atoms with Gasteiger partial charge in [0, 0.05) is 19.0 Å². The summed E-state index contributed by atoms with van der Waals surface area (Å²) in [5.74, 6) is -0.596. The lowest BCUT2D eigenvalue weighted by molar-refractivity contribution is -0.124. The van der Waals surface area contributed by atoms with Gasteiger partial charge in [0.1, 0.15) is 5.82 Å². The van der Waals surface area contributed by atoms with Gasteiger partial charge in [-0.05, 0) is 24.7 Å². The van der Waals surface area contributed by atoms with Crippen LogP contribution in [0.15, 0.2) is 18.2 Å². The van der Waals surface area contributed by atoms with Crippen LogP contribution in [0.25, 0.3) is 0 Å². The molecule has 0 radical (unpaired) electrons. The zero-order valence-electron chi connectivity index (χ0n) is 9.89. The average Bonchev–Trinajstić information content (AvgIpc) is 2.30. The topological polar surface area (TPSA) is 41.1 Å². The Labute approximate surface area is 105 Å². The van der Waals surface area contributed by atoms with Crippen LogP contribution in [0.3, 0.4) is 0 Å². The lowest BCUT2D eigenvalue weighted by Gasteiger charge is -2.11. The van der Waals surface area contributed by atoms with Crippen LogP contribution in [0, 0.1) is 11.7 Å². The van der Waals surface area contributed by atoms with E-state index in [4.69, 9.17) is 11.6 Å². The third kappa shape index (κ3) is 4.32. The molecule has 2 N–H and O–H groups in total. The number of carbonyl (C=O) groups is 1. The van der Waals surface area contributed by atoms with Crippen LogP contribution in [-0.4, -0.2) is 19.5 Å². The fraction of sp³-hybridized carbons (Fsp3) is 0.417. The zero-order valence-corrected chi connectivity index (χ0v) is 10.6. The summed E-state index contributed by atoms with van der Waals surface area (Å²) in [6.45, 7) is 2.81. The minimum atomic E-state index is -0.453. The fourth-order valence-corrected chi connectivity index (χ4v) is 1.62. The van der Waals surface area contributed by atoms with Crippen molar-refractivity contribution in [1.82, 2.24) is 10.6 Å². The molecule has 1 unspecified atom stereocenters. The molecular formula is C12H16ClFN2O. The number of carbonyl (C=O) groups excluding carboxylic acids is 1. The second-order valence-electron chi connectivity index (χ2n) is 3.92. The van der Waals surface area contributed by atoms with E-state index in [1.165, 1.54) is 12.1 Å². The van der Waals surface area contributed by atoms with Crippen molar-refractivity contribution < 1.29 is 9.18 Å². The molecule has 1 atom stereocenters. The van der Waals surface area contributed by atoms with Gasteiger partial charge in [-0.2, -0.15) is 0 Å². The van der Waals surface area contributed by atoms with Crippen molar-refractivity contribution in [3.05, 3.63) is 34.6 Å². The van der Waals surface area contributed by atoms with Crippen molar-refractivity contribution in [2.24, 2.45) is 5.92 Å². The van der Waals surface area contributed by atoms with E-state index in [2.05, 4.69) is 10.6 Å². The maximum Gasteiger partial charge on any atom is 0.224 e. The number of amides is 1. The quantitative estimate of drug-likeness (QED) is 0.848. The van der Waals surface area contributed by atoms with Crippen molar-refractivity contribution in [2.45, 2.75) is 13.5 Å². The number of halogens is 2. The molecule has 94 valence electrons. The Bertz CT molecular complexity index is 398. The molecule has 0 heterocycles. The van der Waals surface area contributed by atoms with Crippen molar-refractivity contribution in [3.63, 3.8) is 0 Å². The van der Waals surface area contributed by atoms with Gasteiger partial charge in [-0.1, -0.05) is 24.6 Å². The van der Waals surface area contributed by atoms with Crippen LogP contribution < -0.4 is 10.6 Å². The lowest BCUT2D eigenvalue weighted by Crippen LogP contribution is -2.33.